The number of thioether (sulfide) groups is 1. The van der Waals surface area contributed by atoms with E-state index in [2.05, 4.69) is 10.5 Å². The van der Waals surface area contributed by atoms with Crippen LogP contribution in [0, 0.1) is 0 Å². The molecular weight excluding hydrogens is 256 g/mol. The third kappa shape index (κ3) is 4.24. The Kier molecular flexibility index (Phi) is 5.79. The minimum atomic E-state index is 0.627. The third-order valence-electron chi connectivity index (χ3n) is 1.96. The van der Waals surface area contributed by atoms with Gasteiger partial charge in [0.05, 0.1) is 20.4 Å². The number of thiocarbonyl (C=S) groups is 1. The number of benzene rings is 1. The van der Waals surface area contributed by atoms with Gasteiger partial charge in [-0.1, -0.05) is 24.0 Å². The number of ether oxygens (including phenoxy) is 2. The minimum Gasteiger partial charge on any atom is -0.493 e. The Morgan fingerprint density at radius 1 is 1.35 bits per heavy atom. The predicted molar refractivity (Wildman–Crippen MR) is 76.4 cm³/mol. The standard InChI is InChI=1S/C11H14N2O2S2/c1-14-9-5-4-8(6-10(9)15-2)7-12-13-11(16)17-3/h4-7H,1-3H3,(H,13,16)/b12-7-. The number of hydrogen-bond donors (Lipinski definition) is 1. The molecule has 0 spiro atoms. The fraction of sp³-hybridized carbons (Fsp3) is 0.273. The molecule has 0 aliphatic heterocycles. The van der Waals surface area contributed by atoms with E-state index in [-0.39, 0.29) is 0 Å². The van der Waals surface area contributed by atoms with Gasteiger partial charge in [-0.15, -0.1) is 0 Å². The molecule has 0 amide bonds. The third-order valence-corrected chi connectivity index (χ3v) is 3.02. The molecule has 17 heavy (non-hydrogen) atoms. The van der Waals surface area contributed by atoms with Crippen LogP contribution in [0.3, 0.4) is 0 Å². The lowest BCUT2D eigenvalue weighted by molar-refractivity contribution is 0.355. The van der Waals surface area contributed by atoms with Crippen molar-refractivity contribution < 1.29 is 9.47 Å². The summed E-state index contributed by atoms with van der Waals surface area (Å²) in [4.78, 5) is 0. The van der Waals surface area contributed by atoms with Gasteiger partial charge in [0.1, 0.15) is 0 Å². The molecule has 0 unspecified atom stereocenters. The summed E-state index contributed by atoms with van der Waals surface area (Å²) < 4.78 is 11.0. The zero-order valence-corrected chi connectivity index (χ0v) is 11.5. The molecule has 1 aromatic rings. The van der Waals surface area contributed by atoms with Gasteiger partial charge in [-0.05, 0) is 30.0 Å². The molecular formula is C11H14N2O2S2. The molecule has 92 valence electrons. The van der Waals surface area contributed by atoms with Gasteiger partial charge in [0, 0.05) is 0 Å². The number of nitrogens with zero attached hydrogens (tertiary/aromatic N) is 1. The molecule has 0 aliphatic carbocycles. The molecule has 1 aromatic carbocycles. The van der Waals surface area contributed by atoms with Crippen molar-refractivity contribution in [3.63, 3.8) is 0 Å². The first-order valence-corrected chi connectivity index (χ1v) is 6.43. The zero-order valence-electron chi connectivity index (χ0n) is 9.89. The highest BCUT2D eigenvalue weighted by Gasteiger charge is 2.02. The molecule has 0 atom stereocenters. The van der Waals surface area contributed by atoms with Crippen LogP contribution in [0.5, 0.6) is 11.5 Å². The molecule has 0 saturated carbocycles. The summed E-state index contributed by atoms with van der Waals surface area (Å²) in [6.45, 7) is 0. The van der Waals surface area contributed by atoms with Crippen molar-refractivity contribution in [1.29, 1.82) is 0 Å². The summed E-state index contributed by atoms with van der Waals surface area (Å²) in [6.07, 6.45) is 3.56. The van der Waals surface area contributed by atoms with Crippen molar-refractivity contribution in [2.75, 3.05) is 20.5 Å². The van der Waals surface area contributed by atoms with Crippen molar-refractivity contribution >= 4 is 34.5 Å². The van der Waals surface area contributed by atoms with Crippen LogP contribution in [0.4, 0.5) is 0 Å². The van der Waals surface area contributed by atoms with Crippen LogP contribution >= 0.6 is 24.0 Å². The fourth-order valence-corrected chi connectivity index (χ4v) is 1.33. The maximum absolute atomic E-state index is 5.19. The van der Waals surface area contributed by atoms with Crippen LogP contribution in [-0.4, -0.2) is 31.0 Å². The van der Waals surface area contributed by atoms with Crippen molar-refractivity contribution in [1.82, 2.24) is 5.43 Å². The van der Waals surface area contributed by atoms with Crippen LogP contribution in [-0.2, 0) is 0 Å². The normalized spacial score (nSPS) is 10.3. The van der Waals surface area contributed by atoms with Gasteiger partial charge in [0.15, 0.2) is 15.8 Å². The fourth-order valence-electron chi connectivity index (χ4n) is 1.14. The quantitative estimate of drug-likeness (QED) is 0.516. The van der Waals surface area contributed by atoms with Gasteiger partial charge in [-0.3, -0.25) is 5.43 Å². The van der Waals surface area contributed by atoms with Crippen LogP contribution in [0.25, 0.3) is 0 Å². The Morgan fingerprint density at radius 2 is 2.06 bits per heavy atom. The second-order valence-corrected chi connectivity index (χ2v) is 4.46. The number of methoxy groups -OCH3 is 2. The van der Waals surface area contributed by atoms with E-state index in [9.17, 15) is 0 Å². The molecule has 0 aliphatic rings. The molecule has 0 fully saturated rings. The number of hydrogen-bond acceptors (Lipinski definition) is 5. The van der Waals surface area contributed by atoms with Gasteiger partial charge in [0.25, 0.3) is 0 Å². The van der Waals surface area contributed by atoms with E-state index in [0.717, 1.165) is 5.56 Å². The van der Waals surface area contributed by atoms with Crippen LogP contribution in [0.1, 0.15) is 5.56 Å². The molecule has 0 bridgehead atoms. The van der Waals surface area contributed by atoms with E-state index in [1.54, 1.807) is 20.4 Å². The van der Waals surface area contributed by atoms with Gasteiger partial charge in [0.2, 0.25) is 0 Å². The predicted octanol–water partition coefficient (Wildman–Crippen LogP) is 2.28. The van der Waals surface area contributed by atoms with Crippen molar-refractivity contribution in [3.8, 4) is 11.5 Å². The highest BCUT2D eigenvalue weighted by Crippen LogP contribution is 2.26. The van der Waals surface area contributed by atoms with Gasteiger partial charge in [-0.2, -0.15) is 5.10 Å². The van der Waals surface area contributed by atoms with Crippen molar-refractivity contribution in [3.05, 3.63) is 23.8 Å². The Hall–Kier alpha value is -1.27. The minimum absolute atomic E-state index is 0.627. The first-order valence-electron chi connectivity index (χ1n) is 4.80. The lowest BCUT2D eigenvalue weighted by Crippen LogP contribution is -2.10. The highest BCUT2D eigenvalue weighted by atomic mass is 32.2. The number of nitrogens with one attached hydrogen (secondary N) is 1. The smallest absolute Gasteiger partial charge is 0.161 e. The van der Waals surface area contributed by atoms with Crippen LogP contribution < -0.4 is 14.9 Å². The molecule has 0 heterocycles. The molecule has 0 radical (unpaired) electrons. The molecule has 0 aromatic heterocycles. The second kappa shape index (κ2) is 7.13. The van der Waals surface area contributed by atoms with E-state index < -0.39 is 0 Å². The summed E-state index contributed by atoms with van der Waals surface area (Å²) in [5.74, 6) is 1.36. The van der Waals surface area contributed by atoms with Crippen molar-refractivity contribution in [2.24, 2.45) is 5.10 Å². The van der Waals surface area contributed by atoms with E-state index in [4.69, 9.17) is 21.7 Å². The Labute approximate surface area is 110 Å². The Bertz CT molecular complexity index is 422. The van der Waals surface area contributed by atoms with Gasteiger partial charge >= 0.3 is 0 Å². The Balaban J connectivity index is 2.75. The Morgan fingerprint density at radius 3 is 2.65 bits per heavy atom. The topological polar surface area (TPSA) is 42.8 Å². The van der Waals surface area contributed by atoms with E-state index in [1.165, 1.54) is 11.8 Å². The summed E-state index contributed by atoms with van der Waals surface area (Å²) in [7, 11) is 3.20. The number of hydrazone groups is 1. The zero-order chi connectivity index (χ0) is 12.7. The summed E-state index contributed by atoms with van der Waals surface area (Å²) in [5, 5.41) is 4.01. The average Bonchev–Trinajstić information content (AvgIpc) is 2.38. The van der Waals surface area contributed by atoms with E-state index in [1.807, 2.05) is 24.5 Å². The second-order valence-electron chi connectivity index (χ2n) is 2.98. The molecule has 4 nitrogen and oxygen atoms in total. The summed E-state index contributed by atoms with van der Waals surface area (Å²) in [6, 6.07) is 5.55. The van der Waals surface area contributed by atoms with Crippen molar-refractivity contribution in [2.45, 2.75) is 0 Å². The summed E-state index contributed by atoms with van der Waals surface area (Å²) >= 11 is 6.39. The lowest BCUT2D eigenvalue weighted by atomic mass is 10.2. The maximum Gasteiger partial charge on any atom is 0.161 e. The van der Waals surface area contributed by atoms with Gasteiger partial charge < -0.3 is 9.47 Å². The molecule has 1 rings (SSSR count). The highest BCUT2D eigenvalue weighted by molar-refractivity contribution is 8.22. The first-order chi connectivity index (χ1) is 8.21. The molecule has 0 saturated heterocycles. The number of rotatable bonds is 4. The monoisotopic (exact) mass is 270 g/mol. The maximum atomic E-state index is 5.19. The van der Waals surface area contributed by atoms with E-state index >= 15 is 0 Å². The van der Waals surface area contributed by atoms with Crippen LogP contribution in [0.15, 0.2) is 23.3 Å². The van der Waals surface area contributed by atoms with Crippen LogP contribution in [0.2, 0.25) is 0 Å². The first kappa shape index (κ1) is 13.8. The lowest BCUT2D eigenvalue weighted by Gasteiger charge is -2.07. The SMILES string of the molecule is COc1ccc(/C=N\NC(=S)SC)cc1OC. The average molecular weight is 270 g/mol. The van der Waals surface area contributed by atoms with Gasteiger partial charge in [-0.25, -0.2) is 0 Å². The summed E-state index contributed by atoms with van der Waals surface area (Å²) in [5.41, 5.74) is 3.64. The molecule has 1 N–H and O–H groups in total. The molecule has 6 heteroatoms. The largest absolute Gasteiger partial charge is 0.493 e. The van der Waals surface area contributed by atoms with E-state index in [0.29, 0.717) is 15.8 Å².